The van der Waals surface area contributed by atoms with Crippen LogP contribution < -0.4 is 10.1 Å². The molecule has 1 unspecified atom stereocenters. The summed E-state index contributed by atoms with van der Waals surface area (Å²) >= 11 is 0. The van der Waals surface area contributed by atoms with Crippen LogP contribution in [-0.2, 0) is 16.1 Å². The van der Waals surface area contributed by atoms with Gasteiger partial charge in [0.05, 0.1) is 13.2 Å². The van der Waals surface area contributed by atoms with Gasteiger partial charge in [-0.05, 0) is 43.5 Å². The fourth-order valence-electron chi connectivity index (χ4n) is 2.82. The topological polar surface area (TPSA) is 78.9 Å². The Balaban J connectivity index is 1.79. The van der Waals surface area contributed by atoms with Gasteiger partial charge in [0, 0.05) is 6.54 Å². The van der Waals surface area contributed by atoms with Gasteiger partial charge in [0.25, 0.3) is 0 Å². The molecular weight excluding hydrogens is 308 g/mol. The minimum atomic E-state index is -0.850. The summed E-state index contributed by atoms with van der Waals surface area (Å²) in [6.45, 7) is 4.01. The molecule has 1 aromatic rings. The molecule has 0 aliphatic carbocycles. The number of aliphatic carboxylic acids is 1. The van der Waals surface area contributed by atoms with Crippen LogP contribution in [0, 0.1) is 0 Å². The fraction of sp³-hybridized carbons (Fsp3) is 0.556. The molecule has 1 amide bonds. The molecule has 2 rings (SSSR count). The Labute approximate surface area is 142 Å². The lowest BCUT2D eigenvalue weighted by atomic mass is 10.2. The first-order valence-electron chi connectivity index (χ1n) is 8.55. The van der Waals surface area contributed by atoms with Crippen LogP contribution in [0.25, 0.3) is 0 Å². The number of hydrogen-bond donors (Lipinski definition) is 2. The van der Waals surface area contributed by atoms with Crippen LogP contribution in [0.15, 0.2) is 24.3 Å². The molecule has 24 heavy (non-hydrogen) atoms. The van der Waals surface area contributed by atoms with Gasteiger partial charge in [-0.15, -0.1) is 0 Å². The van der Waals surface area contributed by atoms with E-state index in [1.54, 1.807) is 4.90 Å². The van der Waals surface area contributed by atoms with Crippen LogP contribution in [0.4, 0.5) is 0 Å². The van der Waals surface area contributed by atoms with Gasteiger partial charge in [-0.2, -0.15) is 0 Å². The van der Waals surface area contributed by atoms with Crippen molar-refractivity contribution in [2.45, 2.75) is 45.2 Å². The van der Waals surface area contributed by atoms with Crippen molar-refractivity contribution in [3.63, 3.8) is 0 Å². The monoisotopic (exact) mass is 334 g/mol. The highest BCUT2D eigenvalue weighted by atomic mass is 16.5. The first kappa shape index (κ1) is 18.3. The van der Waals surface area contributed by atoms with Crippen LogP contribution in [0.5, 0.6) is 5.75 Å². The van der Waals surface area contributed by atoms with Crippen molar-refractivity contribution in [1.82, 2.24) is 10.2 Å². The maximum Gasteiger partial charge on any atom is 0.320 e. The minimum absolute atomic E-state index is 0.129. The Morgan fingerprint density at radius 2 is 2.25 bits per heavy atom. The Morgan fingerprint density at radius 1 is 1.42 bits per heavy atom. The van der Waals surface area contributed by atoms with E-state index in [-0.39, 0.29) is 12.5 Å². The normalized spacial score (nSPS) is 17.6. The van der Waals surface area contributed by atoms with E-state index in [0.717, 1.165) is 30.6 Å². The van der Waals surface area contributed by atoms with Crippen molar-refractivity contribution in [3.8, 4) is 5.75 Å². The van der Waals surface area contributed by atoms with Crippen molar-refractivity contribution < 1.29 is 19.4 Å². The average molecular weight is 334 g/mol. The summed E-state index contributed by atoms with van der Waals surface area (Å²) in [6, 6.07) is 7.13. The number of carbonyl (C=O) groups excluding carboxylic acids is 1. The standard InChI is InChI=1S/C18H26N2O4/c1-2-3-10-24-15-7-4-6-14(11-15)12-19-17(21)13-20-9-5-8-16(20)18(22)23/h4,6-7,11,16H,2-3,5,8-10,12-13H2,1H3,(H,19,21)(H,22,23). The lowest BCUT2D eigenvalue weighted by Gasteiger charge is -2.20. The molecule has 1 heterocycles. The Kier molecular flexibility index (Phi) is 7.06. The fourth-order valence-corrected chi connectivity index (χ4v) is 2.82. The molecule has 6 heteroatoms. The summed E-state index contributed by atoms with van der Waals surface area (Å²) in [4.78, 5) is 24.9. The maximum absolute atomic E-state index is 12.1. The minimum Gasteiger partial charge on any atom is -0.494 e. The van der Waals surface area contributed by atoms with E-state index in [4.69, 9.17) is 9.84 Å². The molecule has 0 spiro atoms. The second-order valence-corrected chi connectivity index (χ2v) is 6.09. The Bertz CT molecular complexity index is 562. The van der Waals surface area contributed by atoms with Gasteiger partial charge in [0.15, 0.2) is 0 Å². The van der Waals surface area contributed by atoms with Crippen molar-refractivity contribution in [2.24, 2.45) is 0 Å². The van der Waals surface area contributed by atoms with Gasteiger partial charge in [0.1, 0.15) is 11.8 Å². The van der Waals surface area contributed by atoms with Gasteiger partial charge >= 0.3 is 5.97 Å². The number of ether oxygens (including phenoxy) is 1. The van der Waals surface area contributed by atoms with E-state index in [9.17, 15) is 9.59 Å². The average Bonchev–Trinajstić information content (AvgIpc) is 3.02. The number of nitrogens with one attached hydrogen (secondary N) is 1. The molecule has 1 aliphatic rings. The summed E-state index contributed by atoms with van der Waals surface area (Å²) in [7, 11) is 0. The number of amides is 1. The molecule has 2 N–H and O–H groups in total. The van der Waals surface area contributed by atoms with Crippen LogP contribution in [-0.4, -0.2) is 47.6 Å². The van der Waals surface area contributed by atoms with Crippen molar-refractivity contribution >= 4 is 11.9 Å². The largest absolute Gasteiger partial charge is 0.494 e. The number of unbranched alkanes of at least 4 members (excludes halogenated alkanes) is 1. The molecule has 1 aromatic carbocycles. The number of rotatable bonds is 9. The number of benzene rings is 1. The van der Waals surface area contributed by atoms with E-state index in [2.05, 4.69) is 12.2 Å². The summed E-state index contributed by atoms with van der Waals surface area (Å²) < 4.78 is 5.66. The first-order chi connectivity index (χ1) is 11.6. The molecular formula is C18H26N2O4. The molecule has 0 radical (unpaired) electrons. The molecule has 1 fully saturated rings. The highest BCUT2D eigenvalue weighted by Crippen LogP contribution is 2.17. The molecule has 0 bridgehead atoms. The second kappa shape index (κ2) is 9.27. The number of nitrogens with zero attached hydrogens (tertiary/aromatic N) is 1. The van der Waals surface area contributed by atoms with E-state index >= 15 is 0 Å². The maximum atomic E-state index is 12.1. The van der Waals surface area contributed by atoms with Gasteiger partial charge in [0.2, 0.25) is 5.91 Å². The third-order valence-electron chi connectivity index (χ3n) is 4.15. The van der Waals surface area contributed by atoms with E-state index < -0.39 is 12.0 Å². The zero-order valence-corrected chi connectivity index (χ0v) is 14.2. The highest BCUT2D eigenvalue weighted by molar-refractivity contribution is 5.80. The number of carboxylic acids is 1. The molecule has 132 valence electrons. The summed E-state index contributed by atoms with van der Waals surface area (Å²) in [5.41, 5.74) is 0.966. The molecule has 0 aromatic heterocycles. The van der Waals surface area contributed by atoms with Crippen molar-refractivity contribution in [2.75, 3.05) is 19.7 Å². The summed E-state index contributed by atoms with van der Waals surface area (Å²) in [5, 5.41) is 12.0. The number of carbonyl (C=O) groups is 2. The molecule has 0 saturated carbocycles. The van der Waals surface area contributed by atoms with Crippen LogP contribution in [0.2, 0.25) is 0 Å². The lowest BCUT2D eigenvalue weighted by molar-refractivity contribution is -0.142. The summed E-state index contributed by atoms with van der Waals surface area (Å²) in [6.07, 6.45) is 3.53. The van der Waals surface area contributed by atoms with Gasteiger partial charge < -0.3 is 15.2 Å². The van der Waals surface area contributed by atoms with Crippen molar-refractivity contribution in [1.29, 1.82) is 0 Å². The van der Waals surface area contributed by atoms with E-state index in [0.29, 0.717) is 26.1 Å². The van der Waals surface area contributed by atoms with Crippen molar-refractivity contribution in [3.05, 3.63) is 29.8 Å². The highest BCUT2D eigenvalue weighted by Gasteiger charge is 2.31. The third-order valence-corrected chi connectivity index (χ3v) is 4.15. The first-order valence-corrected chi connectivity index (χ1v) is 8.55. The van der Waals surface area contributed by atoms with Crippen LogP contribution >= 0.6 is 0 Å². The van der Waals surface area contributed by atoms with Gasteiger partial charge in [-0.25, -0.2) is 0 Å². The zero-order chi connectivity index (χ0) is 17.4. The molecule has 1 atom stereocenters. The third kappa shape index (κ3) is 5.53. The van der Waals surface area contributed by atoms with Crippen LogP contribution in [0.1, 0.15) is 38.2 Å². The molecule has 6 nitrogen and oxygen atoms in total. The lowest BCUT2D eigenvalue weighted by Crippen LogP contribution is -2.42. The number of hydrogen-bond acceptors (Lipinski definition) is 4. The quantitative estimate of drug-likeness (QED) is 0.676. The summed E-state index contributed by atoms with van der Waals surface area (Å²) in [5.74, 6) is -0.196. The second-order valence-electron chi connectivity index (χ2n) is 6.09. The SMILES string of the molecule is CCCCOc1cccc(CNC(=O)CN2CCCC2C(=O)O)c1. The van der Waals surface area contributed by atoms with Crippen LogP contribution in [0.3, 0.4) is 0 Å². The predicted octanol–water partition coefficient (Wildman–Crippen LogP) is 2.03. The van der Waals surface area contributed by atoms with Gasteiger partial charge in [-0.3, -0.25) is 14.5 Å². The molecule has 1 aliphatic heterocycles. The Morgan fingerprint density at radius 3 is 3.00 bits per heavy atom. The number of carboxylic acid groups (broad SMARTS) is 1. The molecule has 1 saturated heterocycles. The van der Waals surface area contributed by atoms with E-state index in [1.807, 2.05) is 24.3 Å². The number of likely N-dealkylation sites (tertiary alicyclic amines) is 1. The predicted molar refractivity (Wildman–Crippen MR) is 90.9 cm³/mol. The Hall–Kier alpha value is -2.08. The van der Waals surface area contributed by atoms with Gasteiger partial charge in [-0.1, -0.05) is 25.5 Å². The van der Waals surface area contributed by atoms with E-state index in [1.165, 1.54) is 0 Å². The zero-order valence-electron chi connectivity index (χ0n) is 14.2. The smallest absolute Gasteiger partial charge is 0.320 e.